The maximum atomic E-state index is 9.74. The van der Waals surface area contributed by atoms with E-state index in [0.717, 1.165) is 19.3 Å². The Bertz CT molecular complexity index is 176. The molecule has 0 bridgehead atoms. The molecule has 0 saturated carbocycles. The van der Waals surface area contributed by atoms with Gasteiger partial charge in [0.1, 0.15) is 6.10 Å². The molecule has 2 aliphatic heterocycles. The Morgan fingerprint density at radius 1 is 1.15 bits per heavy atom. The van der Waals surface area contributed by atoms with Crippen molar-refractivity contribution in [2.45, 2.75) is 43.7 Å². The summed E-state index contributed by atoms with van der Waals surface area (Å²) < 4.78 is 10.9. The van der Waals surface area contributed by atoms with Gasteiger partial charge < -0.3 is 19.7 Å². The van der Waals surface area contributed by atoms with Crippen molar-refractivity contribution in [3.63, 3.8) is 0 Å². The summed E-state index contributed by atoms with van der Waals surface area (Å²) in [6, 6.07) is 0. The van der Waals surface area contributed by atoms with Gasteiger partial charge in [-0.05, 0) is 12.8 Å². The third-order valence-electron chi connectivity index (χ3n) is 2.79. The maximum Gasteiger partial charge on any atom is 0.194 e. The normalized spacial score (nSPS) is 46.6. The van der Waals surface area contributed by atoms with Crippen molar-refractivity contribution < 1.29 is 19.7 Å². The second kappa shape index (κ2) is 3.53. The number of rotatable bonds is 0. The Kier molecular flexibility index (Phi) is 2.55. The predicted octanol–water partition coefficient (Wildman–Crippen LogP) is 0.0253. The van der Waals surface area contributed by atoms with E-state index in [9.17, 15) is 10.2 Å². The van der Waals surface area contributed by atoms with Crippen molar-refractivity contribution >= 4 is 0 Å². The second-order valence-corrected chi connectivity index (χ2v) is 3.83. The number of ether oxygens (including phenoxy) is 2. The van der Waals surface area contributed by atoms with E-state index in [0.29, 0.717) is 13.0 Å². The van der Waals surface area contributed by atoms with Crippen molar-refractivity contribution in [2.24, 2.45) is 0 Å². The molecule has 0 aromatic rings. The quantitative estimate of drug-likeness (QED) is 0.563. The largest absolute Gasteiger partial charge is 0.391 e. The maximum absolute atomic E-state index is 9.74. The summed E-state index contributed by atoms with van der Waals surface area (Å²) in [6.07, 6.45) is 1.91. The fourth-order valence-electron chi connectivity index (χ4n) is 2.01. The molecule has 13 heavy (non-hydrogen) atoms. The summed E-state index contributed by atoms with van der Waals surface area (Å²) in [7, 11) is 0. The average Bonchev–Trinajstić information content (AvgIpc) is 2.14. The van der Waals surface area contributed by atoms with Crippen LogP contribution in [0.5, 0.6) is 0 Å². The smallest absolute Gasteiger partial charge is 0.194 e. The van der Waals surface area contributed by atoms with Gasteiger partial charge in [0.2, 0.25) is 0 Å². The first-order chi connectivity index (χ1) is 6.23. The standard InChI is InChI=1S/C9H16O4/c10-7-5-8(11)9(13-6-7)3-1-2-4-12-9/h7-8,10-11H,1-6H2/t7-,8-,9+/m0/s1. The molecule has 2 rings (SSSR count). The lowest BCUT2D eigenvalue weighted by Gasteiger charge is -2.44. The molecule has 2 heterocycles. The molecule has 76 valence electrons. The highest BCUT2D eigenvalue weighted by molar-refractivity contribution is 4.87. The summed E-state index contributed by atoms with van der Waals surface area (Å²) >= 11 is 0. The van der Waals surface area contributed by atoms with Crippen LogP contribution in [0.2, 0.25) is 0 Å². The van der Waals surface area contributed by atoms with Crippen molar-refractivity contribution in [2.75, 3.05) is 13.2 Å². The van der Waals surface area contributed by atoms with Gasteiger partial charge in [0, 0.05) is 12.8 Å². The summed E-state index contributed by atoms with van der Waals surface area (Å²) in [5.74, 6) is -0.808. The third kappa shape index (κ3) is 1.72. The molecule has 4 heteroatoms. The first-order valence-corrected chi connectivity index (χ1v) is 4.87. The predicted molar refractivity (Wildman–Crippen MR) is 45.1 cm³/mol. The van der Waals surface area contributed by atoms with Crippen molar-refractivity contribution in [1.29, 1.82) is 0 Å². The lowest BCUT2D eigenvalue weighted by molar-refractivity contribution is -0.327. The Morgan fingerprint density at radius 2 is 2.00 bits per heavy atom. The van der Waals surface area contributed by atoms with Crippen molar-refractivity contribution in [3.8, 4) is 0 Å². The zero-order valence-corrected chi connectivity index (χ0v) is 7.61. The molecule has 2 N–H and O–H groups in total. The van der Waals surface area contributed by atoms with Gasteiger partial charge in [-0.1, -0.05) is 0 Å². The van der Waals surface area contributed by atoms with E-state index in [2.05, 4.69) is 0 Å². The molecule has 0 unspecified atom stereocenters. The van der Waals surface area contributed by atoms with Crippen LogP contribution in [0.25, 0.3) is 0 Å². The molecular weight excluding hydrogens is 172 g/mol. The Hall–Kier alpha value is -0.160. The van der Waals surface area contributed by atoms with Crippen LogP contribution in [0.4, 0.5) is 0 Å². The highest BCUT2D eigenvalue weighted by Gasteiger charge is 2.45. The molecule has 0 aliphatic carbocycles. The van der Waals surface area contributed by atoms with Gasteiger partial charge in [-0.2, -0.15) is 0 Å². The summed E-state index contributed by atoms with van der Waals surface area (Å²) in [6.45, 7) is 0.921. The van der Waals surface area contributed by atoms with Gasteiger partial charge in [-0.15, -0.1) is 0 Å². The molecule has 0 aromatic carbocycles. The minimum absolute atomic E-state index is 0.275. The molecule has 0 aromatic heterocycles. The molecule has 2 aliphatic rings. The zero-order valence-electron chi connectivity index (χ0n) is 7.61. The minimum atomic E-state index is -0.808. The van der Waals surface area contributed by atoms with Crippen LogP contribution >= 0.6 is 0 Å². The van der Waals surface area contributed by atoms with E-state index in [1.807, 2.05) is 0 Å². The highest BCUT2D eigenvalue weighted by atomic mass is 16.7. The van der Waals surface area contributed by atoms with Crippen LogP contribution in [0.1, 0.15) is 25.7 Å². The van der Waals surface area contributed by atoms with Gasteiger partial charge in [0.25, 0.3) is 0 Å². The van der Waals surface area contributed by atoms with Gasteiger partial charge in [-0.3, -0.25) is 0 Å². The van der Waals surface area contributed by atoms with E-state index in [1.165, 1.54) is 0 Å². The second-order valence-electron chi connectivity index (χ2n) is 3.83. The monoisotopic (exact) mass is 188 g/mol. The molecule has 2 saturated heterocycles. The number of hydrogen-bond acceptors (Lipinski definition) is 4. The van der Waals surface area contributed by atoms with Crippen molar-refractivity contribution in [3.05, 3.63) is 0 Å². The lowest BCUT2D eigenvalue weighted by Crippen LogP contribution is -2.55. The molecule has 2 fully saturated rings. The van der Waals surface area contributed by atoms with Crippen LogP contribution in [0, 0.1) is 0 Å². The van der Waals surface area contributed by atoms with E-state index >= 15 is 0 Å². The van der Waals surface area contributed by atoms with E-state index in [4.69, 9.17) is 9.47 Å². The molecular formula is C9H16O4. The number of aliphatic hydroxyl groups is 2. The SMILES string of the molecule is O[C@@H]1CO[C@]2(CCCCO2)[C@@H](O)C1. The van der Waals surface area contributed by atoms with Crippen molar-refractivity contribution in [1.82, 2.24) is 0 Å². The lowest BCUT2D eigenvalue weighted by atomic mass is 9.93. The molecule has 0 amide bonds. The molecule has 0 radical (unpaired) electrons. The van der Waals surface area contributed by atoms with E-state index in [1.54, 1.807) is 0 Å². The molecule has 4 nitrogen and oxygen atoms in total. The third-order valence-corrected chi connectivity index (χ3v) is 2.79. The fraction of sp³-hybridized carbons (Fsp3) is 1.00. The van der Waals surface area contributed by atoms with E-state index < -0.39 is 18.0 Å². The summed E-state index contributed by atoms with van der Waals surface area (Å²) in [5, 5.41) is 19.0. The van der Waals surface area contributed by atoms with Gasteiger partial charge in [0.05, 0.1) is 19.3 Å². The van der Waals surface area contributed by atoms with Gasteiger partial charge in [-0.25, -0.2) is 0 Å². The van der Waals surface area contributed by atoms with Gasteiger partial charge in [0.15, 0.2) is 5.79 Å². The summed E-state index contributed by atoms with van der Waals surface area (Å²) in [5.41, 5.74) is 0. The average molecular weight is 188 g/mol. The first kappa shape index (κ1) is 9.40. The highest BCUT2D eigenvalue weighted by Crippen LogP contribution is 2.34. The first-order valence-electron chi connectivity index (χ1n) is 4.87. The topological polar surface area (TPSA) is 58.9 Å². The van der Waals surface area contributed by atoms with Gasteiger partial charge >= 0.3 is 0 Å². The Balaban J connectivity index is 2.03. The fourth-order valence-corrected chi connectivity index (χ4v) is 2.01. The zero-order chi connectivity index (χ0) is 9.31. The molecule has 3 atom stereocenters. The van der Waals surface area contributed by atoms with E-state index in [-0.39, 0.29) is 6.61 Å². The van der Waals surface area contributed by atoms with Crippen LogP contribution in [-0.2, 0) is 9.47 Å². The Morgan fingerprint density at radius 3 is 2.62 bits per heavy atom. The summed E-state index contributed by atoms with van der Waals surface area (Å²) in [4.78, 5) is 0. The van der Waals surface area contributed by atoms with Crippen LogP contribution < -0.4 is 0 Å². The number of aliphatic hydroxyl groups excluding tert-OH is 2. The number of hydrogen-bond donors (Lipinski definition) is 2. The molecule has 1 spiro atoms. The van der Waals surface area contributed by atoms with Crippen LogP contribution in [0.3, 0.4) is 0 Å². The Labute approximate surface area is 77.5 Å². The van der Waals surface area contributed by atoms with Crippen LogP contribution in [0.15, 0.2) is 0 Å². The van der Waals surface area contributed by atoms with Crippen LogP contribution in [-0.4, -0.2) is 41.4 Å². The minimum Gasteiger partial charge on any atom is -0.391 e.